The highest BCUT2D eigenvalue weighted by atomic mass is 19.1. The molecule has 0 aliphatic carbocycles. The van der Waals surface area contributed by atoms with Crippen molar-refractivity contribution in [3.05, 3.63) is 59.9 Å². The summed E-state index contributed by atoms with van der Waals surface area (Å²) in [7, 11) is 18.1. The molecule has 3 aromatic rings. The van der Waals surface area contributed by atoms with Crippen LogP contribution in [0.4, 0.5) is 26.1 Å². The van der Waals surface area contributed by atoms with E-state index in [9.17, 15) is 8.78 Å². The summed E-state index contributed by atoms with van der Waals surface area (Å²) in [6.45, 7) is 2.06. The summed E-state index contributed by atoms with van der Waals surface area (Å²) in [4.78, 5) is 6.80. The number of hydrogen-bond acceptors (Lipinski definition) is 5. The van der Waals surface area contributed by atoms with Gasteiger partial charge < -0.3 is 15.5 Å². The zero-order chi connectivity index (χ0) is 26.0. The molecule has 0 radical (unpaired) electrons. The first-order chi connectivity index (χ1) is 16.0. The Kier molecular flexibility index (Phi) is 6.06. The van der Waals surface area contributed by atoms with Crippen LogP contribution in [0.25, 0.3) is 5.69 Å². The van der Waals surface area contributed by atoms with Gasteiger partial charge >= 0.3 is 0 Å². The number of halogens is 2. The quantitative estimate of drug-likeness (QED) is 0.378. The largest absolute Gasteiger partial charge is 0.391 e. The van der Waals surface area contributed by atoms with Crippen molar-refractivity contribution in [3.8, 4) is 5.69 Å². The lowest BCUT2D eigenvalue weighted by Crippen LogP contribution is -2.92. The molecule has 16 heteroatoms. The van der Waals surface area contributed by atoms with E-state index in [0.717, 1.165) is 23.0 Å². The summed E-state index contributed by atoms with van der Waals surface area (Å²) in [5.74, 6) is -0.994. The number of nitrogens with one attached hydrogen (secondary N) is 2. The SMILES string of the molecule is BC1(B)NC(B)(B)C(B)(B)N(c2cc(C)cc(Nc3ncn(-c4cc(F)cc(F)c4)n3)c2)C1(B)B. The number of anilines is 3. The van der Waals surface area contributed by atoms with Crippen LogP contribution in [0.5, 0.6) is 0 Å². The summed E-state index contributed by atoms with van der Waals surface area (Å²) in [6, 6.07) is 9.60. The Morgan fingerprint density at radius 2 is 1.37 bits per heavy atom. The summed E-state index contributed by atoms with van der Waals surface area (Å²) >= 11 is 0. The molecule has 4 rings (SSSR count). The maximum Gasteiger partial charge on any atom is 0.246 e. The number of rotatable bonds is 4. The van der Waals surface area contributed by atoms with Crippen LogP contribution in [0.15, 0.2) is 42.7 Å². The molecule has 0 unspecified atom stereocenters. The van der Waals surface area contributed by atoms with Gasteiger partial charge in [-0.25, -0.2) is 13.5 Å². The Morgan fingerprint density at radius 3 is 1.94 bits per heavy atom. The Morgan fingerprint density at radius 1 is 0.800 bits per heavy atom. The van der Waals surface area contributed by atoms with E-state index in [1.165, 1.54) is 23.1 Å². The number of aryl methyl sites for hydroxylation is 1. The van der Waals surface area contributed by atoms with E-state index in [2.05, 4.69) is 107 Å². The van der Waals surface area contributed by atoms with Gasteiger partial charge in [-0.05, 0) is 64.2 Å². The van der Waals surface area contributed by atoms with Crippen molar-refractivity contribution in [3.63, 3.8) is 0 Å². The van der Waals surface area contributed by atoms with Gasteiger partial charge in [0.2, 0.25) is 5.95 Å². The number of benzene rings is 2. The molecule has 2 heterocycles. The van der Waals surface area contributed by atoms with E-state index in [4.69, 9.17) is 0 Å². The van der Waals surface area contributed by atoms with Crippen LogP contribution in [0.2, 0.25) is 0 Å². The second kappa shape index (κ2) is 8.29. The normalized spacial score (nSPS) is 19.8. The zero-order valence-corrected chi connectivity index (χ0v) is 22.1. The minimum atomic E-state index is -0.666. The zero-order valence-electron chi connectivity index (χ0n) is 22.1. The first-order valence-electron chi connectivity index (χ1n) is 11.9. The topological polar surface area (TPSA) is 58.0 Å². The molecule has 6 nitrogen and oxygen atoms in total. The fourth-order valence-corrected chi connectivity index (χ4v) is 5.20. The van der Waals surface area contributed by atoms with Crippen molar-refractivity contribution in [2.75, 3.05) is 10.2 Å². The van der Waals surface area contributed by atoms with Gasteiger partial charge in [-0.3, -0.25) is 0 Å². The number of piperazine rings is 1. The molecule has 1 fully saturated rings. The molecule has 1 aliphatic heterocycles. The van der Waals surface area contributed by atoms with Crippen molar-refractivity contribution in [1.29, 1.82) is 0 Å². The van der Waals surface area contributed by atoms with Gasteiger partial charge in [0.1, 0.15) is 80.7 Å². The van der Waals surface area contributed by atoms with E-state index in [1.807, 2.05) is 6.07 Å². The Labute approximate surface area is 213 Å². The molecule has 0 amide bonds. The third-order valence-electron chi connectivity index (χ3n) is 7.98. The highest BCUT2D eigenvalue weighted by Gasteiger charge is 2.57. The average Bonchev–Trinajstić information content (AvgIpc) is 3.13. The first-order valence-corrected chi connectivity index (χ1v) is 11.9. The molecule has 35 heavy (non-hydrogen) atoms. The maximum absolute atomic E-state index is 13.6. The van der Waals surface area contributed by atoms with Crippen LogP contribution in [-0.2, 0) is 0 Å². The van der Waals surface area contributed by atoms with E-state index in [-0.39, 0.29) is 27.0 Å². The van der Waals surface area contributed by atoms with E-state index < -0.39 is 11.6 Å². The molecular formula is C19H28B8F2N6. The second-order valence-corrected chi connectivity index (χ2v) is 11.7. The van der Waals surface area contributed by atoms with Gasteiger partial charge in [0.05, 0.1) is 5.69 Å². The van der Waals surface area contributed by atoms with Gasteiger partial charge in [0.25, 0.3) is 0 Å². The molecule has 0 bridgehead atoms. The van der Waals surface area contributed by atoms with Crippen molar-refractivity contribution in [2.45, 2.75) is 28.3 Å². The van der Waals surface area contributed by atoms with Gasteiger partial charge in [-0.15, -0.1) is 5.10 Å². The van der Waals surface area contributed by atoms with Gasteiger partial charge in [0, 0.05) is 17.4 Å². The lowest BCUT2D eigenvalue weighted by molar-refractivity contribution is 0.349. The molecule has 0 atom stereocenters. The maximum atomic E-state index is 13.6. The standard InChI is InChI=1S/C19H28B8F2N6/c1-9-2-12(31-15-30-8-34(32-15)13-5-10(28)4-11(29)6-13)7-14(3-9)35-18(24,25)16(20,21)33-17(22,23)19(35,26)27/h2-8,33H,20-27H2,1H3,(H,31,32). The van der Waals surface area contributed by atoms with Crippen molar-refractivity contribution < 1.29 is 8.78 Å². The highest BCUT2D eigenvalue weighted by Crippen LogP contribution is 2.40. The summed E-state index contributed by atoms with van der Waals surface area (Å²) in [6.07, 6.45) is 1.43. The minimum Gasteiger partial charge on any atom is -0.391 e. The highest BCUT2D eigenvalue weighted by molar-refractivity contribution is 6.62. The van der Waals surface area contributed by atoms with E-state index >= 15 is 0 Å². The summed E-state index contributed by atoms with van der Waals surface area (Å²) in [5.41, 5.74) is 3.29. The monoisotopic (exact) mass is 466 g/mol. The summed E-state index contributed by atoms with van der Waals surface area (Å²) < 4.78 is 28.6. The van der Waals surface area contributed by atoms with Crippen LogP contribution in [-0.4, -0.2) is 98.9 Å². The van der Waals surface area contributed by atoms with Crippen LogP contribution in [0, 0.1) is 18.6 Å². The summed E-state index contributed by atoms with van der Waals surface area (Å²) in [5, 5.41) is 10.8. The third kappa shape index (κ3) is 4.45. The lowest BCUT2D eigenvalue weighted by atomic mass is 9.27. The minimum absolute atomic E-state index is 0.163. The van der Waals surface area contributed by atoms with Crippen molar-refractivity contribution in [1.82, 2.24) is 20.1 Å². The first kappa shape index (κ1) is 25.6. The lowest BCUT2D eigenvalue weighted by Gasteiger charge is -2.70. The van der Waals surface area contributed by atoms with Crippen LogP contribution in [0.3, 0.4) is 0 Å². The van der Waals surface area contributed by atoms with Crippen molar-refractivity contribution >= 4 is 80.1 Å². The molecule has 2 aromatic carbocycles. The van der Waals surface area contributed by atoms with Gasteiger partial charge in [-0.1, -0.05) is 0 Å². The van der Waals surface area contributed by atoms with E-state index in [1.54, 1.807) is 0 Å². The van der Waals surface area contributed by atoms with E-state index in [0.29, 0.717) is 5.95 Å². The Balaban J connectivity index is 1.71. The number of nitrogens with zero attached hydrogens (tertiary/aromatic N) is 4. The third-order valence-corrected chi connectivity index (χ3v) is 7.98. The fraction of sp³-hybridized carbons (Fsp3) is 0.263. The fourth-order valence-electron chi connectivity index (χ4n) is 5.20. The van der Waals surface area contributed by atoms with Crippen LogP contribution < -0.4 is 15.5 Å². The molecule has 172 valence electrons. The average molecular weight is 465 g/mol. The van der Waals surface area contributed by atoms with Crippen molar-refractivity contribution in [2.24, 2.45) is 0 Å². The smallest absolute Gasteiger partial charge is 0.246 e. The molecule has 0 saturated carbocycles. The second-order valence-electron chi connectivity index (χ2n) is 11.7. The Hall–Kier alpha value is -2.48. The predicted octanol–water partition coefficient (Wildman–Crippen LogP) is -5.31. The predicted molar refractivity (Wildman–Crippen MR) is 161 cm³/mol. The molecule has 1 aliphatic rings. The number of aromatic nitrogens is 3. The Bertz CT molecular complexity index is 1240. The molecular weight excluding hydrogens is 437 g/mol. The van der Waals surface area contributed by atoms with Gasteiger partial charge in [0.15, 0.2) is 0 Å². The molecule has 2 N–H and O–H groups in total. The number of hydrogen-bond donors (Lipinski definition) is 2. The molecule has 1 aromatic heterocycles. The van der Waals surface area contributed by atoms with Gasteiger partial charge in [-0.2, -0.15) is 4.98 Å². The molecule has 1 saturated heterocycles. The molecule has 0 spiro atoms. The van der Waals surface area contributed by atoms with Crippen LogP contribution >= 0.6 is 0 Å². The van der Waals surface area contributed by atoms with Crippen LogP contribution in [0.1, 0.15) is 5.56 Å².